The van der Waals surface area contributed by atoms with Gasteiger partial charge in [0.15, 0.2) is 0 Å². The largest absolute Gasteiger partial charge is 0.480 e. The molecule has 0 aliphatic carbocycles. The predicted molar refractivity (Wildman–Crippen MR) is 67.2 cm³/mol. The number of carboxylic acids is 1. The number of carbonyl (C=O) groups excluding carboxylic acids is 2. The maximum Gasteiger partial charge on any atom is 0.326 e. The number of carboxylic acid groups (broad SMARTS) is 1. The summed E-state index contributed by atoms with van der Waals surface area (Å²) in [4.78, 5) is 47.1. The number of aromatic amines is 1. The lowest BCUT2D eigenvalue weighted by molar-refractivity contribution is -0.142. The predicted octanol–water partition coefficient (Wildman–Crippen LogP) is -0.489. The van der Waals surface area contributed by atoms with E-state index in [0.29, 0.717) is 0 Å². The van der Waals surface area contributed by atoms with Crippen molar-refractivity contribution in [3.63, 3.8) is 0 Å². The minimum Gasteiger partial charge on any atom is -0.480 e. The minimum atomic E-state index is -1.28. The highest BCUT2D eigenvalue weighted by Crippen LogP contribution is 2.01. The third-order valence-electron chi connectivity index (χ3n) is 2.48. The molecule has 0 saturated heterocycles. The maximum atomic E-state index is 11.8. The summed E-state index contributed by atoms with van der Waals surface area (Å²) in [5.41, 5.74) is -0.527. The molecule has 0 fully saturated rings. The molecule has 1 aromatic heterocycles. The molecule has 0 bridgehead atoms. The van der Waals surface area contributed by atoms with Crippen LogP contribution in [0, 0.1) is 0 Å². The van der Waals surface area contributed by atoms with Crippen molar-refractivity contribution in [2.75, 3.05) is 7.11 Å². The molecule has 0 saturated carbocycles. The molecule has 3 N–H and O–H groups in total. The molecule has 1 heterocycles. The Labute approximate surface area is 113 Å². The van der Waals surface area contributed by atoms with Gasteiger partial charge in [-0.2, -0.15) is 0 Å². The third-order valence-corrected chi connectivity index (χ3v) is 2.48. The van der Waals surface area contributed by atoms with E-state index in [-0.39, 0.29) is 18.5 Å². The lowest BCUT2D eigenvalue weighted by Crippen LogP contribution is -2.41. The molecule has 0 aliphatic rings. The van der Waals surface area contributed by atoms with Gasteiger partial charge in [-0.25, -0.2) is 4.79 Å². The van der Waals surface area contributed by atoms with Crippen LogP contribution in [-0.2, 0) is 14.3 Å². The average molecular weight is 282 g/mol. The van der Waals surface area contributed by atoms with E-state index in [2.05, 4.69) is 15.0 Å². The number of ether oxygens (including phenoxy) is 1. The Bertz CT molecular complexity index is 565. The number of hydrogen-bond donors (Lipinski definition) is 3. The van der Waals surface area contributed by atoms with E-state index in [1.165, 1.54) is 25.3 Å². The number of carbonyl (C=O) groups is 3. The van der Waals surface area contributed by atoms with E-state index < -0.39 is 29.4 Å². The summed E-state index contributed by atoms with van der Waals surface area (Å²) in [7, 11) is 1.19. The number of nitrogens with one attached hydrogen (secondary N) is 2. The van der Waals surface area contributed by atoms with Crippen molar-refractivity contribution in [3.05, 3.63) is 34.2 Å². The maximum absolute atomic E-state index is 11.8. The van der Waals surface area contributed by atoms with Crippen molar-refractivity contribution in [2.24, 2.45) is 0 Å². The number of aromatic nitrogens is 1. The summed E-state index contributed by atoms with van der Waals surface area (Å²) in [6.45, 7) is 0. The molecule has 8 heteroatoms. The first-order chi connectivity index (χ1) is 9.43. The molecule has 0 aromatic carbocycles. The fraction of sp³-hybridized carbons (Fsp3) is 0.333. The number of amides is 1. The lowest BCUT2D eigenvalue weighted by Gasteiger charge is -2.13. The SMILES string of the molecule is COC(=O)CCC(NC(=O)c1cccc(=O)[nH]1)C(=O)O. The summed E-state index contributed by atoms with van der Waals surface area (Å²) >= 11 is 0. The second-order valence-corrected chi connectivity index (χ2v) is 3.91. The van der Waals surface area contributed by atoms with E-state index in [4.69, 9.17) is 5.11 Å². The number of esters is 1. The van der Waals surface area contributed by atoms with Crippen LogP contribution in [0.5, 0.6) is 0 Å². The average Bonchev–Trinajstić information content (AvgIpc) is 2.42. The number of hydrogen-bond acceptors (Lipinski definition) is 5. The van der Waals surface area contributed by atoms with Gasteiger partial charge in [0.1, 0.15) is 11.7 Å². The van der Waals surface area contributed by atoms with E-state index in [1.54, 1.807) is 0 Å². The van der Waals surface area contributed by atoms with Crippen molar-refractivity contribution < 1.29 is 24.2 Å². The number of H-pyrrole nitrogens is 1. The van der Waals surface area contributed by atoms with E-state index in [0.717, 1.165) is 0 Å². The lowest BCUT2D eigenvalue weighted by atomic mass is 10.1. The molecular weight excluding hydrogens is 268 g/mol. The van der Waals surface area contributed by atoms with Crippen molar-refractivity contribution >= 4 is 17.8 Å². The summed E-state index contributed by atoms with van der Waals surface area (Å²) in [5.74, 6) is -2.58. The number of aliphatic carboxylic acids is 1. The normalized spacial score (nSPS) is 11.4. The van der Waals surface area contributed by atoms with Gasteiger partial charge in [-0.3, -0.25) is 14.4 Å². The molecule has 1 aromatic rings. The molecular formula is C12H14N2O6. The van der Waals surface area contributed by atoms with Crippen LogP contribution in [0.3, 0.4) is 0 Å². The summed E-state index contributed by atoms with van der Waals surface area (Å²) in [6, 6.07) is 2.70. The monoisotopic (exact) mass is 282 g/mol. The van der Waals surface area contributed by atoms with Gasteiger partial charge in [0.05, 0.1) is 7.11 Å². The summed E-state index contributed by atoms with van der Waals surface area (Å²) in [5, 5.41) is 11.2. The highest BCUT2D eigenvalue weighted by Gasteiger charge is 2.22. The molecule has 108 valence electrons. The Hall–Kier alpha value is -2.64. The second-order valence-electron chi connectivity index (χ2n) is 3.91. The van der Waals surface area contributed by atoms with E-state index in [9.17, 15) is 19.2 Å². The van der Waals surface area contributed by atoms with Crippen LogP contribution >= 0.6 is 0 Å². The van der Waals surface area contributed by atoms with Crippen molar-refractivity contribution in [3.8, 4) is 0 Å². The van der Waals surface area contributed by atoms with Crippen LogP contribution in [0.1, 0.15) is 23.3 Å². The van der Waals surface area contributed by atoms with Crippen LogP contribution in [0.15, 0.2) is 23.0 Å². The van der Waals surface area contributed by atoms with Crippen LogP contribution in [0.2, 0.25) is 0 Å². The van der Waals surface area contributed by atoms with Crippen molar-refractivity contribution in [1.82, 2.24) is 10.3 Å². The fourth-order valence-electron chi connectivity index (χ4n) is 1.44. The Kier molecular flexibility index (Phi) is 5.45. The third kappa shape index (κ3) is 4.56. The summed E-state index contributed by atoms with van der Waals surface area (Å²) in [6.07, 6.45) is -0.246. The Balaban J connectivity index is 2.70. The fourth-order valence-corrected chi connectivity index (χ4v) is 1.44. The molecule has 0 aliphatic heterocycles. The van der Waals surface area contributed by atoms with Crippen LogP contribution in [0.4, 0.5) is 0 Å². The van der Waals surface area contributed by atoms with Gasteiger partial charge in [0.2, 0.25) is 5.56 Å². The van der Waals surface area contributed by atoms with E-state index >= 15 is 0 Å². The van der Waals surface area contributed by atoms with Crippen LogP contribution in [-0.4, -0.2) is 41.1 Å². The van der Waals surface area contributed by atoms with Gasteiger partial charge in [-0.05, 0) is 12.5 Å². The molecule has 1 rings (SSSR count). The summed E-state index contributed by atoms with van der Waals surface area (Å²) < 4.78 is 4.39. The van der Waals surface area contributed by atoms with Crippen LogP contribution in [0.25, 0.3) is 0 Å². The molecule has 8 nitrogen and oxygen atoms in total. The quantitative estimate of drug-likeness (QED) is 0.604. The Morgan fingerprint density at radius 3 is 2.65 bits per heavy atom. The van der Waals surface area contributed by atoms with Gasteiger partial charge < -0.3 is 20.1 Å². The minimum absolute atomic E-state index is 0.0539. The molecule has 1 amide bonds. The highest BCUT2D eigenvalue weighted by molar-refractivity contribution is 5.94. The second kappa shape index (κ2) is 7.07. The zero-order valence-electron chi connectivity index (χ0n) is 10.7. The zero-order chi connectivity index (χ0) is 15.1. The van der Waals surface area contributed by atoms with Crippen LogP contribution < -0.4 is 10.9 Å². The smallest absolute Gasteiger partial charge is 0.326 e. The molecule has 0 spiro atoms. The molecule has 20 heavy (non-hydrogen) atoms. The van der Waals surface area contributed by atoms with Gasteiger partial charge in [0.25, 0.3) is 5.91 Å². The first-order valence-electron chi connectivity index (χ1n) is 5.74. The van der Waals surface area contributed by atoms with Gasteiger partial charge in [-0.15, -0.1) is 0 Å². The first kappa shape index (κ1) is 15.4. The number of rotatable bonds is 6. The van der Waals surface area contributed by atoms with Gasteiger partial charge in [-0.1, -0.05) is 6.07 Å². The van der Waals surface area contributed by atoms with E-state index in [1.807, 2.05) is 0 Å². The Morgan fingerprint density at radius 2 is 2.10 bits per heavy atom. The molecule has 1 unspecified atom stereocenters. The molecule has 1 atom stereocenters. The number of methoxy groups -OCH3 is 1. The van der Waals surface area contributed by atoms with Crippen molar-refractivity contribution in [1.29, 1.82) is 0 Å². The molecule has 0 radical (unpaired) electrons. The standard InChI is InChI=1S/C12H14N2O6/c1-20-10(16)6-5-8(12(18)19)14-11(17)7-3-2-4-9(15)13-7/h2-4,8H,5-6H2,1H3,(H,13,15)(H,14,17)(H,18,19). The zero-order valence-corrected chi connectivity index (χ0v) is 10.7. The first-order valence-corrected chi connectivity index (χ1v) is 5.74. The topological polar surface area (TPSA) is 126 Å². The highest BCUT2D eigenvalue weighted by atomic mass is 16.5. The van der Waals surface area contributed by atoms with Gasteiger partial charge in [0, 0.05) is 12.5 Å². The van der Waals surface area contributed by atoms with Gasteiger partial charge >= 0.3 is 11.9 Å². The Morgan fingerprint density at radius 1 is 1.40 bits per heavy atom. The van der Waals surface area contributed by atoms with Crippen molar-refractivity contribution in [2.45, 2.75) is 18.9 Å². The number of pyridine rings is 1.